The van der Waals surface area contributed by atoms with Gasteiger partial charge in [-0.1, -0.05) is 91.9 Å². The van der Waals surface area contributed by atoms with Crippen LogP contribution in [-0.4, -0.2) is 62.9 Å². The Balaban J connectivity index is 4.60. The van der Waals surface area contributed by atoms with Crippen molar-refractivity contribution in [2.24, 2.45) is 11.8 Å². The smallest absolute Gasteiger partial charge is 0.242 e. The van der Waals surface area contributed by atoms with Crippen molar-refractivity contribution in [2.75, 3.05) is 33.2 Å². The normalized spacial score (nSPS) is 13.1. The molecular formula is C34H67N5O4. The van der Waals surface area contributed by atoms with Gasteiger partial charge in [0.1, 0.15) is 6.04 Å². The maximum atomic E-state index is 13.0. The first-order valence-corrected chi connectivity index (χ1v) is 17.5. The summed E-state index contributed by atoms with van der Waals surface area (Å²) < 4.78 is 0. The molecule has 0 saturated heterocycles. The van der Waals surface area contributed by atoms with Gasteiger partial charge in [-0.15, -0.1) is 0 Å². The molecule has 0 aliphatic heterocycles. The van der Waals surface area contributed by atoms with Crippen LogP contribution in [0.25, 0.3) is 0 Å². The highest BCUT2D eigenvalue weighted by molar-refractivity contribution is 5.88. The first-order chi connectivity index (χ1) is 20.8. The summed E-state index contributed by atoms with van der Waals surface area (Å²) in [5.41, 5.74) is 0. The number of unbranched alkanes of at least 4 members (excludes halogenated alkanes) is 10. The lowest BCUT2D eigenvalue weighted by Crippen LogP contribution is -2.48. The minimum atomic E-state index is -0.660. The first-order valence-electron chi connectivity index (χ1n) is 17.5. The third-order valence-corrected chi connectivity index (χ3v) is 8.06. The molecular weight excluding hydrogens is 542 g/mol. The van der Waals surface area contributed by atoms with Crippen molar-refractivity contribution in [1.82, 2.24) is 26.6 Å². The van der Waals surface area contributed by atoms with Crippen molar-refractivity contribution < 1.29 is 19.2 Å². The van der Waals surface area contributed by atoms with Crippen LogP contribution in [0.3, 0.4) is 0 Å². The van der Waals surface area contributed by atoms with Gasteiger partial charge in [0, 0.05) is 37.9 Å². The molecule has 0 heterocycles. The van der Waals surface area contributed by atoms with Crippen molar-refractivity contribution >= 4 is 23.6 Å². The van der Waals surface area contributed by atoms with E-state index in [-0.39, 0.29) is 48.4 Å². The molecule has 0 spiro atoms. The van der Waals surface area contributed by atoms with Crippen molar-refractivity contribution in [3.8, 4) is 0 Å². The van der Waals surface area contributed by atoms with Gasteiger partial charge in [-0.05, 0) is 58.5 Å². The van der Waals surface area contributed by atoms with Crippen LogP contribution in [0.2, 0.25) is 0 Å². The molecule has 9 nitrogen and oxygen atoms in total. The van der Waals surface area contributed by atoms with Crippen LogP contribution in [0.15, 0.2) is 0 Å². The maximum absolute atomic E-state index is 13.0. The van der Waals surface area contributed by atoms with Gasteiger partial charge in [0.05, 0.1) is 0 Å². The van der Waals surface area contributed by atoms with Crippen molar-refractivity contribution in [1.29, 1.82) is 0 Å². The Kier molecular flexibility index (Phi) is 27.2. The van der Waals surface area contributed by atoms with E-state index in [1.54, 1.807) is 0 Å². The van der Waals surface area contributed by atoms with Gasteiger partial charge in [-0.25, -0.2) is 0 Å². The average molecular weight is 610 g/mol. The molecule has 3 atom stereocenters. The van der Waals surface area contributed by atoms with Crippen LogP contribution in [0.4, 0.5) is 0 Å². The molecule has 0 aromatic carbocycles. The van der Waals surface area contributed by atoms with Gasteiger partial charge in [0.15, 0.2) is 0 Å². The van der Waals surface area contributed by atoms with Crippen molar-refractivity contribution in [2.45, 2.75) is 149 Å². The number of carbonyl (C=O) groups is 4. The third-order valence-electron chi connectivity index (χ3n) is 8.06. The molecule has 4 amide bonds. The molecule has 0 saturated carbocycles. The van der Waals surface area contributed by atoms with Crippen LogP contribution < -0.4 is 26.6 Å². The van der Waals surface area contributed by atoms with Gasteiger partial charge in [0.25, 0.3) is 0 Å². The standard InChI is InChI=1S/C34H67N5O4/c1-6-8-10-11-12-13-17-25-36-31(40)23-27-38-34(43)30(39-33(42)29(4)21-15-18-24-35-5)22-16-19-26-37-32(41)28(3)20-14-9-7-2/h28-30,35H,6-27H2,1-5H3,(H,36,40)(H,37,41)(H,38,43)(H,39,42)/t28-,29-,30-/m0/s1. The fraction of sp³-hybridized carbons (Fsp3) is 0.882. The molecule has 43 heavy (non-hydrogen) atoms. The van der Waals surface area contributed by atoms with E-state index in [1.165, 1.54) is 32.1 Å². The molecule has 252 valence electrons. The zero-order chi connectivity index (χ0) is 32.1. The fourth-order valence-electron chi connectivity index (χ4n) is 4.98. The number of carbonyl (C=O) groups excluding carboxylic acids is 4. The summed E-state index contributed by atoms with van der Waals surface area (Å²) in [6.07, 6.45) is 17.5. The van der Waals surface area contributed by atoms with Crippen LogP contribution in [-0.2, 0) is 19.2 Å². The second-order valence-corrected chi connectivity index (χ2v) is 12.3. The molecule has 9 heteroatoms. The Hall–Kier alpha value is -2.16. The fourth-order valence-corrected chi connectivity index (χ4v) is 4.98. The quantitative estimate of drug-likeness (QED) is 0.0728. The van der Waals surface area contributed by atoms with E-state index < -0.39 is 6.04 Å². The maximum Gasteiger partial charge on any atom is 0.242 e. The number of rotatable bonds is 29. The van der Waals surface area contributed by atoms with E-state index in [2.05, 4.69) is 40.4 Å². The van der Waals surface area contributed by atoms with Gasteiger partial charge in [-0.3, -0.25) is 19.2 Å². The molecule has 0 fully saturated rings. The summed E-state index contributed by atoms with van der Waals surface area (Å²) >= 11 is 0. The summed E-state index contributed by atoms with van der Waals surface area (Å²) in [7, 11) is 1.92. The lowest BCUT2D eigenvalue weighted by Gasteiger charge is -2.21. The van der Waals surface area contributed by atoms with Crippen LogP contribution in [0, 0.1) is 11.8 Å². The molecule has 5 N–H and O–H groups in total. The zero-order valence-electron chi connectivity index (χ0n) is 28.4. The van der Waals surface area contributed by atoms with Gasteiger partial charge in [0.2, 0.25) is 23.6 Å². The van der Waals surface area contributed by atoms with E-state index in [0.29, 0.717) is 25.9 Å². The first kappa shape index (κ1) is 40.8. The molecule has 0 aromatic heterocycles. The number of hydrogen-bond donors (Lipinski definition) is 5. The second-order valence-electron chi connectivity index (χ2n) is 12.3. The summed E-state index contributed by atoms with van der Waals surface area (Å²) in [4.78, 5) is 50.5. The number of amides is 4. The van der Waals surface area contributed by atoms with Gasteiger partial charge >= 0.3 is 0 Å². The third kappa shape index (κ3) is 23.9. The predicted molar refractivity (Wildman–Crippen MR) is 178 cm³/mol. The lowest BCUT2D eigenvalue weighted by molar-refractivity contribution is -0.131. The summed E-state index contributed by atoms with van der Waals surface area (Å²) in [5.74, 6) is -0.544. The number of nitrogens with one attached hydrogen (secondary N) is 5. The SMILES string of the molecule is CCCCCCCCCNC(=O)CCNC(=O)[C@H](CCCCNC(=O)[C@@H](C)CCCCC)NC(=O)[C@@H](C)CCCCNC. The van der Waals surface area contributed by atoms with E-state index in [1.807, 2.05) is 20.9 Å². The summed E-state index contributed by atoms with van der Waals surface area (Å²) in [6.45, 7) is 10.6. The summed E-state index contributed by atoms with van der Waals surface area (Å²) in [6, 6.07) is -0.660. The Morgan fingerprint density at radius 3 is 1.67 bits per heavy atom. The van der Waals surface area contributed by atoms with Gasteiger partial charge in [-0.2, -0.15) is 0 Å². The second kappa shape index (κ2) is 28.6. The monoisotopic (exact) mass is 610 g/mol. The predicted octanol–water partition coefficient (Wildman–Crippen LogP) is 5.37. The zero-order valence-corrected chi connectivity index (χ0v) is 28.4. The van der Waals surface area contributed by atoms with Gasteiger partial charge < -0.3 is 26.6 Å². The lowest BCUT2D eigenvalue weighted by atomic mass is 10.0. The minimum Gasteiger partial charge on any atom is -0.356 e. The van der Waals surface area contributed by atoms with Crippen molar-refractivity contribution in [3.63, 3.8) is 0 Å². The molecule has 0 aromatic rings. The highest BCUT2D eigenvalue weighted by atomic mass is 16.2. The van der Waals surface area contributed by atoms with E-state index in [9.17, 15) is 19.2 Å². The largest absolute Gasteiger partial charge is 0.356 e. The Morgan fingerprint density at radius 2 is 1.00 bits per heavy atom. The molecule has 0 unspecified atom stereocenters. The highest BCUT2D eigenvalue weighted by Crippen LogP contribution is 2.11. The molecule has 0 bridgehead atoms. The van der Waals surface area contributed by atoms with Crippen LogP contribution >= 0.6 is 0 Å². The molecule has 0 radical (unpaired) electrons. The molecule has 0 aliphatic carbocycles. The Morgan fingerprint density at radius 1 is 0.512 bits per heavy atom. The topological polar surface area (TPSA) is 128 Å². The average Bonchev–Trinajstić information content (AvgIpc) is 2.99. The highest BCUT2D eigenvalue weighted by Gasteiger charge is 2.23. The van der Waals surface area contributed by atoms with E-state index >= 15 is 0 Å². The number of hydrogen-bond acceptors (Lipinski definition) is 5. The summed E-state index contributed by atoms with van der Waals surface area (Å²) in [5, 5.41) is 14.9. The Bertz CT molecular complexity index is 734. The Labute approximate surface area is 263 Å². The molecule has 0 rings (SSSR count). The van der Waals surface area contributed by atoms with E-state index in [4.69, 9.17) is 0 Å². The van der Waals surface area contributed by atoms with Crippen LogP contribution in [0.5, 0.6) is 0 Å². The molecule has 0 aliphatic rings. The minimum absolute atomic E-state index is 0.00621. The van der Waals surface area contributed by atoms with Crippen molar-refractivity contribution in [3.05, 3.63) is 0 Å². The van der Waals surface area contributed by atoms with Crippen LogP contribution in [0.1, 0.15) is 143 Å². The van der Waals surface area contributed by atoms with E-state index in [0.717, 1.165) is 70.8 Å².